The van der Waals surface area contributed by atoms with E-state index in [9.17, 15) is 39.6 Å². The third-order valence-electron chi connectivity index (χ3n) is 5.54. The van der Waals surface area contributed by atoms with E-state index in [1.54, 1.807) is 0 Å². The summed E-state index contributed by atoms with van der Waals surface area (Å²) < 4.78 is 102. The Balaban J connectivity index is 1.58. The summed E-state index contributed by atoms with van der Waals surface area (Å²) in [7, 11) is -3.95. The number of benzene rings is 1. The van der Waals surface area contributed by atoms with E-state index in [4.69, 9.17) is 11.6 Å². The molecular weight excluding hydrogens is 510 g/mol. The molecule has 0 aliphatic heterocycles. The molecule has 1 heterocycles. The molecule has 1 aromatic carbocycles. The maximum atomic E-state index is 12.9. The summed E-state index contributed by atoms with van der Waals surface area (Å²) >= 11 is 5.73. The summed E-state index contributed by atoms with van der Waals surface area (Å²) in [5, 5.41) is 2.06. The first-order valence-electron chi connectivity index (χ1n) is 10.1. The first kappa shape index (κ1) is 26.3. The van der Waals surface area contributed by atoms with Crippen molar-refractivity contribution in [2.75, 3.05) is 5.75 Å². The van der Waals surface area contributed by atoms with Gasteiger partial charge in [0, 0.05) is 6.04 Å². The van der Waals surface area contributed by atoms with Crippen molar-refractivity contribution in [3.05, 3.63) is 58.4 Å². The molecule has 0 bridgehead atoms. The van der Waals surface area contributed by atoms with Crippen LogP contribution in [0, 0.1) is 5.92 Å². The van der Waals surface area contributed by atoms with E-state index in [1.807, 2.05) is 0 Å². The van der Waals surface area contributed by atoms with Crippen molar-refractivity contribution < 1.29 is 39.6 Å². The molecule has 1 amide bonds. The molecule has 0 radical (unpaired) electrons. The lowest BCUT2D eigenvalue weighted by Crippen LogP contribution is -2.38. The van der Waals surface area contributed by atoms with Crippen LogP contribution in [0.25, 0.3) is 0 Å². The third-order valence-corrected chi connectivity index (χ3v) is 7.71. The van der Waals surface area contributed by atoms with Crippen molar-refractivity contribution in [1.82, 2.24) is 10.3 Å². The summed E-state index contributed by atoms with van der Waals surface area (Å²) in [6.45, 7) is 0. The zero-order valence-electron chi connectivity index (χ0n) is 17.4. The Labute approximate surface area is 196 Å². The largest absolute Gasteiger partial charge is 0.433 e. The molecule has 0 saturated heterocycles. The second-order valence-electron chi connectivity index (χ2n) is 8.03. The minimum absolute atomic E-state index is 0.219. The topological polar surface area (TPSA) is 76.1 Å². The average Bonchev–Trinajstić information content (AvgIpc) is 2.73. The number of hydrogen-bond donors (Lipinski definition) is 1. The molecule has 0 atom stereocenters. The van der Waals surface area contributed by atoms with E-state index >= 15 is 0 Å². The summed E-state index contributed by atoms with van der Waals surface area (Å²) in [4.78, 5) is 15.2. The van der Waals surface area contributed by atoms with Gasteiger partial charge in [0.25, 0.3) is 5.91 Å². The van der Waals surface area contributed by atoms with Crippen LogP contribution in [-0.4, -0.2) is 31.1 Å². The minimum atomic E-state index is -4.70. The Morgan fingerprint density at radius 3 is 2.21 bits per heavy atom. The Bertz CT molecular complexity index is 1160. The predicted octanol–water partition coefficient (Wildman–Crippen LogP) is 5.54. The van der Waals surface area contributed by atoms with Crippen molar-refractivity contribution in [2.45, 2.75) is 49.0 Å². The number of carbonyl (C=O) groups is 1. The number of sulfone groups is 1. The van der Waals surface area contributed by atoms with Gasteiger partial charge in [0.2, 0.25) is 0 Å². The third kappa shape index (κ3) is 6.41. The van der Waals surface area contributed by atoms with Crippen LogP contribution in [0.5, 0.6) is 0 Å². The zero-order valence-corrected chi connectivity index (χ0v) is 19.0. The summed E-state index contributed by atoms with van der Waals surface area (Å²) in [5.41, 5.74) is -2.49. The second-order valence-corrected chi connectivity index (χ2v) is 10.4. The van der Waals surface area contributed by atoms with Crippen LogP contribution < -0.4 is 5.32 Å². The van der Waals surface area contributed by atoms with Gasteiger partial charge >= 0.3 is 12.4 Å². The average molecular weight is 529 g/mol. The number of rotatable bonds is 5. The smallest absolute Gasteiger partial charge is 0.349 e. The number of carbonyl (C=O) groups excluding carboxylic acids is 1. The molecule has 2 aromatic rings. The Kier molecular flexibility index (Phi) is 7.51. The molecule has 3 rings (SSSR count). The number of aromatic nitrogens is 1. The quantitative estimate of drug-likeness (QED) is 0.409. The van der Waals surface area contributed by atoms with Gasteiger partial charge in [-0.05, 0) is 61.9 Å². The highest BCUT2D eigenvalue weighted by Crippen LogP contribution is 2.33. The number of alkyl halides is 6. The second kappa shape index (κ2) is 9.73. The van der Waals surface area contributed by atoms with E-state index in [0.717, 1.165) is 24.3 Å². The van der Waals surface area contributed by atoms with Crippen molar-refractivity contribution >= 4 is 27.3 Å². The standard InChI is InChI=1S/C21H19ClF6N2O3S/c22-18-16(8-9-17(30-18)21(26,27)28)19(31)29-14-6-4-12(5-7-14)11-34(32,33)15-3-1-2-13(10-15)20(23,24)25/h1-3,8-10,12,14H,4-7,11H2,(H,29,31)/t12-,14-. The van der Waals surface area contributed by atoms with E-state index in [2.05, 4.69) is 10.3 Å². The first-order valence-corrected chi connectivity index (χ1v) is 12.1. The Morgan fingerprint density at radius 1 is 1.00 bits per heavy atom. The molecular formula is C21H19ClF6N2O3S. The Hall–Kier alpha value is -2.34. The summed E-state index contributed by atoms with van der Waals surface area (Å²) in [6, 6.07) is 4.80. The van der Waals surface area contributed by atoms with Crippen molar-refractivity contribution in [1.29, 1.82) is 0 Å². The van der Waals surface area contributed by atoms with Crippen molar-refractivity contribution in [3.63, 3.8) is 0 Å². The van der Waals surface area contributed by atoms with E-state index in [0.29, 0.717) is 37.8 Å². The molecule has 1 aromatic heterocycles. The number of amides is 1. The van der Waals surface area contributed by atoms with Gasteiger partial charge in [0.05, 0.1) is 21.8 Å². The summed E-state index contributed by atoms with van der Waals surface area (Å²) in [5.74, 6) is -1.35. The molecule has 1 N–H and O–H groups in total. The van der Waals surface area contributed by atoms with E-state index in [-0.39, 0.29) is 23.3 Å². The monoisotopic (exact) mass is 528 g/mol. The molecule has 186 valence electrons. The van der Waals surface area contributed by atoms with Crippen LogP contribution in [0.4, 0.5) is 26.3 Å². The van der Waals surface area contributed by atoms with Crippen LogP contribution in [0.1, 0.15) is 47.3 Å². The predicted molar refractivity (Wildman–Crippen MR) is 111 cm³/mol. The van der Waals surface area contributed by atoms with Gasteiger partial charge in [-0.25, -0.2) is 13.4 Å². The molecule has 13 heteroatoms. The maximum Gasteiger partial charge on any atom is 0.433 e. The fourth-order valence-corrected chi connectivity index (χ4v) is 5.75. The lowest BCUT2D eigenvalue weighted by Gasteiger charge is -2.29. The summed E-state index contributed by atoms with van der Waals surface area (Å²) in [6.07, 6.45) is -7.80. The fraction of sp³-hybridized carbons (Fsp3) is 0.429. The maximum absolute atomic E-state index is 12.9. The lowest BCUT2D eigenvalue weighted by atomic mass is 9.87. The highest BCUT2D eigenvalue weighted by molar-refractivity contribution is 7.91. The highest BCUT2D eigenvalue weighted by Gasteiger charge is 2.34. The van der Waals surface area contributed by atoms with Crippen LogP contribution >= 0.6 is 11.6 Å². The van der Waals surface area contributed by atoms with E-state index < -0.39 is 49.4 Å². The van der Waals surface area contributed by atoms with Crippen LogP contribution in [-0.2, 0) is 22.2 Å². The normalized spacial score (nSPS) is 19.6. The molecule has 1 fully saturated rings. The first-order chi connectivity index (χ1) is 15.7. The van der Waals surface area contributed by atoms with Gasteiger partial charge in [-0.2, -0.15) is 26.3 Å². The fourth-order valence-electron chi connectivity index (χ4n) is 3.77. The number of nitrogens with zero attached hydrogens (tertiary/aromatic N) is 1. The molecule has 0 unspecified atom stereocenters. The van der Waals surface area contributed by atoms with Crippen LogP contribution in [0.3, 0.4) is 0 Å². The molecule has 34 heavy (non-hydrogen) atoms. The van der Waals surface area contributed by atoms with Crippen LogP contribution in [0.2, 0.25) is 5.15 Å². The molecule has 0 spiro atoms. The number of hydrogen-bond acceptors (Lipinski definition) is 4. The van der Waals surface area contributed by atoms with Crippen molar-refractivity contribution in [3.8, 4) is 0 Å². The molecule has 5 nitrogen and oxygen atoms in total. The number of nitrogens with one attached hydrogen (secondary N) is 1. The highest BCUT2D eigenvalue weighted by atomic mass is 35.5. The zero-order chi connectivity index (χ0) is 25.3. The van der Waals surface area contributed by atoms with Crippen molar-refractivity contribution in [2.24, 2.45) is 5.92 Å². The van der Waals surface area contributed by atoms with Gasteiger partial charge in [-0.1, -0.05) is 17.7 Å². The van der Waals surface area contributed by atoms with E-state index in [1.165, 1.54) is 0 Å². The Morgan fingerprint density at radius 2 is 1.65 bits per heavy atom. The van der Waals surface area contributed by atoms with Gasteiger partial charge < -0.3 is 5.32 Å². The molecule has 1 aliphatic rings. The van der Waals surface area contributed by atoms with Gasteiger partial charge in [0.15, 0.2) is 9.84 Å². The SMILES string of the molecule is O=C(N[C@H]1CC[C@H](CS(=O)(=O)c2cccc(C(F)(F)F)c2)CC1)c1ccc(C(F)(F)F)nc1Cl. The number of halogens is 7. The molecule has 1 saturated carbocycles. The lowest BCUT2D eigenvalue weighted by molar-refractivity contribution is -0.141. The molecule has 1 aliphatic carbocycles. The van der Waals surface area contributed by atoms with Gasteiger partial charge in [0.1, 0.15) is 10.8 Å². The van der Waals surface area contributed by atoms with Gasteiger partial charge in [-0.3, -0.25) is 4.79 Å². The van der Waals surface area contributed by atoms with Gasteiger partial charge in [-0.15, -0.1) is 0 Å². The van der Waals surface area contributed by atoms with Crippen LogP contribution in [0.15, 0.2) is 41.3 Å². The minimum Gasteiger partial charge on any atom is -0.349 e. The number of pyridine rings is 1.